The van der Waals surface area contributed by atoms with Gasteiger partial charge in [0.1, 0.15) is 0 Å². The van der Waals surface area contributed by atoms with E-state index in [1.165, 1.54) is 0 Å². The van der Waals surface area contributed by atoms with Gasteiger partial charge in [0.05, 0.1) is 11.3 Å². The van der Waals surface area contributed by atoms with E-state index in [1.807, 2.05) is 0 Å². The lowest BCUT2D eigenvalue weighted by molar-refractivity contribution is 0.0696. The smallest absolute Gasteiger partial charge is 0.337 e. The van der Waals surface area contributed by atoms with Gasteiger partial charge in [0.2, 0.25) is 0 Å². The van der Waals surface area contributed by atoms with Crippen molar-refractivity contribution in [3.8, 4) is 0 Å². The Bertz CT molecular complexity index is 479. The highest BCUT2D eigenvalue weighted by Gasteiger charge is 2.17. The van der Waals surface area contributed by atoms with E-state index in [-0.39, 0.29) is 11.3 Å². The third kappa shape index (κ3) is 2.11. The number of carboxylic acids is 1. The third-order valence-electron chi connectivity index (χ3n) is 1.97. The second-order valence-corrected chi connectivity index (χ2v) is 3.84. The van der Waals surface area contributed by atoms with Crippen LogP contribution in [0.15, 0.2) is 15.7 Å². The van der Waals surface area contributed by atoms with Crippen LogP contribution in [0.2, 0.25) is 0 Å². The number of aromatic carboxylic acids is 1. The summed E-state index contributed by atoms with van der Waals surface area (Å²) in [6.07, 6.45) is 0. The van der Waals surface area contributed by atoms with Gasteiger partial charge in [-0.3, -0.25) is 0 Å². The van der Waals surface area contributed by atoms with Crippen LogP contribution in [0.3, 0.4) is 0 Å². The summed E-state index contributed by atoms with van der Waals surface area (Å²) < 4.78 is 0.447. The van der Waals surface area contributed by atoms with Crippen molar-refractivity contribution in [3.63, 3.8) is 0 Å². The maximum absolute atomic E-state index is 11.0. The standard InChI is InChI=1S/C9H8BrN3O2/c1-4-3-5(2)8(12-13-11)6(7(4)10)9(14)15/h3H,1-2H3,(H,14,15). The Kier molecular flexibility index (Phi) is 3.34. The van der Waals surface area contributed by atoms with E-state index in [9.17, 15) is 4.79 Å². The van der Waals surface area contributed by atoms with Crippen molar-refractivity contribution in [2.45, 2.75) is 13.8 Å². The predicted molar refractivity (Wildman–Crippen MR) is 59.4 cm³/mol. The van der Waals surface area contributed by atoms with Crippen LogP contribution in [-0.4, -0.2) is 11.1 Å². The molecular formula is C9H8BrN3O2. The van der Waals surface area contributed by atoms with Crippen LogP contribution >= 0.6 is 15.9 Å². The van der Waals surface area contributed by atoms with E-state index in [4.69, 9.17) is 10.6 Å². The Morgan fingerprint density at radius 3 is 2.60 bits per heavy atom. The molecule has 0 saturated heterocycles. The minimum atomic E-state index is -1.11. The van der Waals surface area contributed by atoms with E-state index in [1.54, 1.807) is 19.9 Å². The first-order valence-corrected chi connectivity index (χ1v) is 4.86. The van der Waals surface area contributed by atoms with Crippen LogP contribution in [0.4, 0.5) is 5.69 Å². The number of halogens is 1. The van der Waals surface area contributed by atoms with E-state index in [2.05, 4.69) is 26.0 Å². The molecule has 1 N–H and O–H groups in total. The van der Waals surface area contributed by atoms with Crippen LogP contribution in [0.25, 0.3) is 10.4 Å². The summed E-state index contributed by atoms with van der Waals surface area (Å²) >= 11 is 3.17. The molecule has 6 heteroatoms. The summed E-state index contributed by atoms with van der Waals surface area (Å²) in [6.45, 7) is 3.49. The Morgan fingerprint density at radius 1 is 1.53 bits per heavy atom. The van der Waals surface area contributed by atoms with Gasteiger partial charge in [-0.1, -0.05) is 11.2 Å². The zero-order valence-corrected chi connectivity index (χ0v) is 9.74. The SMILES string of the molecule is Cc1cc(C)c(N=[N+]=[N-])c(C(=O)O)c1Br. The first-order valence-electron chi connectivity index (χ1n) is 4.07. The molecule has 5 nitrogen and oxygen atoms in total. The number of benzene rings is 1. The molecule has 0 aromatic heterocycles. The van der Waals surface area contributed by atoms with Crippen molar-refractivity contribution >= 4 is 27.6 Å². The lowest BCUT2D eigenvalue weighted by atomic mass is 10.0. The fourth-order valence-electron chi connectivity index (χ4n) is 1.32. The average molecular weight is 270 g/mol. The molecule has 0 bridgehead atoms. The minimum absolute atomic E-state index is 0.00491. The molecule has 0 amide bonds. The highest BCUT2D eigenvalue weighted by molar-refractivity contribution is 9.10. The number of hydrogen-bond acceptors (Lipinski definition) is 2. The Balaban J connectivity index is 3.68. The number of carboxylic acid groups (broad SMARTS) is 1. The van der Waals surface area contributed by atoms with Crippen LogP contribution < -0.4 is 0 Å². The number of nitrogens with zero attached hydrogens (tertiary/aromatic N) is 3. The van der Waals surface area contributed by atoms with E-state index >= 15 is 0 Å². The molecule has 0 fully saturated rings. The third-order valence-corrected chi connectivity index (χ3v) is 2.99. The number of aryl methyl sites for hydroxylation is 2. The van der Waals surface area contributed by atoms with Gasteiger partial charge in [-0.15, -0.1) is 0 Å². The molecular weight excluding hydrogens is 262 g/mol. The second-order valence-electron chi connectivity index (χ2n) is 3.04. The predicted octanol–water partition coefficient (Wildman–Crippen LogP) is 3.71. The molecule has 1 aromatic rings. The van der Waals surface area contributed by atoms with Crippen molar-refractivity contribution in [1.82, 2.24) is 0 Å². The molecule has 0 spiro atoms. The fourth-order valence-corrected chi connectivity index (χ4v) is 1.80. The van der Waals surface area contributed by atoms with Gasteiger partial charge in [-0.25, -0.2) is 4.79 Å². The van der Waals surface area contributed by atoms with Crippen LogP contribution in [-0.2, 0) is 0 Å². The topological polar surface area (TPSA) is 86.1 Å². The van der Waals surface area contributed by atoms with E-state index < -0.39 is 5.97 Å². The van der Waals surface area contributed by atoms with E-state index in [0.29, 0.717) is 10.0 Å². The second kappa shape index (κ2) is 4.33. The molecule has 15 heavy (non-hydrogen) atoms. The molecule has 78 valence electrons. The maximum atomic E-state index is 11.0. The number of azide groups is 1. The minimum Gasteiger partial charge on any atom is -0.478 e. The summed E-state index contributed by atoms with van der Waals surface area (Å²) in [5.74, 6) is -1.11. The number of hydrogen-bond donors (Lipinski definition) is 1. The molecule has 1 aromatic carbocycles. The first kappa shape index (κ1) is 11.6. The first-order chi connectivity index (χ1) is 6.99. The van der Waals surface area contributed by atoms with Crippen LogP contribution in [0.1, 0.15) is 21.5 Å². The summed E-state index contributed by atoms with van der Waals surface area (Å²) in [6, 6.07) is 1.76. The lowest BCUT2D eigenvalue weighted by Crippen LogP contribution is -2.01. The largest absolute Gasteiger partial charge is 0.478 e. The van der Waals surface area contributed by atoms with Crippen molar-refractivity contribution in [3.05, 3.63) is 37.7 Å². The van der Waals surface area contributed by atoms with E-state index in [0.717, 1.165) is 5.56 Å². The van der Waals surface area contributed by atoms with Gasteiger partial charge in [0.25, 0.3) is 0 Å². The van der Waals surface area contributed by atoms with Crippen molar-refractivity contribution < 1.29 is 9.90 Å². The van der Waals surface area contributed by atoms with Crippen LogP contribution in [0.5, 0.6) is 0 Å². The molecule has 0 aliphatic rings. The summed E-state index contributed by atoms with van der Waals surface area (Å²) in [4.78, 5) is 13.6. The van der Waals surface area contributed by atoms with Gasteiger partial charge in [0.15, 0.2) is 0 Å². The highest BCUT2D eigenvalue weighted by atomic mass is 79.9. The summed E-state index contributed by atoms with van der Waals surface area (Å²) in [5, 5.41) is 12.4. The van der Waals surface area contributed by atoms with Crippen LogP contribution in [0, 0.1) is 13.8 Å². The molecule has 0 unspecified atom stereocenters. The molecule has 0 radical (unpaired) electrons. The normalized spacial score (nSPS) is 9.53. The average Bonchev–Trinajstić information content (AvgIpc) is 2.14. The summed E-state index contributed by atoms with van der Waals surface area (Å²) in [5.41, 5.74) is 9.96. The molecule has 0 aliphatic heterocycles. The Hall–Kier alpha value is -1.52. The van der Waals surface area contributed by atoms with Gasteiger partial charge in [-0.05, 0) is 46.4 Å². The van der Waals surface area contributed by atoms with Crippen molar-refractivity contribution in [1.29, 1.82) is 0 Å². The molecule has 0 saturated carbocycles. The molecule has 0 aliphatic carbocycles. The molecule has 1 rings (SSSR count). The zero-order chi connectivity index (χ0) is 11.6. The quantitative estimate of drug-likeness (QED) is 0.504. The summed E-state index contributed by atoms with van der Waals surface area (Å²) in [7, 11) is 0. The Labute approximate surface area is 94.5 Å². The number of carbonyl (C=O) groups is 1. The maximum Gasteiger partial charge on any atom is 0.337 e. The zero-order valence-electron chi connectivity index (χ0n) is 8.15. The number of rotatable bonds is 2. The van der Waals surface area contributed by atoms with Crippen molar-refractivity contribution in [2.75, 3.05) is 0 Å². The van der Waals surface area contributed by atoms with Gasteiger partial charge >= 0.3 is 5.97 Å². The fraction of sp³-hybridized carbons (Fsp3) is 0.222. The van der Waals surface area contributed by atoms with Gasteiger partial charge in [-0.2, -0.15) is 0 Å². The molecule has 0 heterocycles. The van der Waals surface area contributed by atoms with Gasteiger partial charge in [0, 0.05) is 9.38 Å². The van der Waals surface area contributed by atoms with Crippen molar-refractivity contribution in [2.24, 2.45) is 5.11 Å². The lowest BCUT2D eigenvalue weighted by Gasteiger charge is -2.09. The monoisotopic (exact) mass is 269 g/mol. The van der Waals surface area contributed by atoms with Gasteiger partial charge < -0.3 is 5.11 Å². The Morgan fingerprint density at radius 2 is 2.13 bits per heavy atom. The highest BCUT2D eigenvalue weighted by Crippen LogP contribution is 2.33. The molecule has 0 atom stereocenters.